The summed E-state index contributed by atoms with van der Waals surface area (Å²) >= 11 is 6.13. The maximum atomic E-state index is 11.8. The molecule has 1 aliphatic rings. The number of benzene rings is 1. The third kappa shape index (κ3) is 1.63. The Balaban J connectivity index is 2.68. The average Bonchev–Trinajstić information content (AvgIpc) is 2.66. The first kappa shape index (κ1) is 11.7. The predicted octanol–water partition coefficient (Wildman–Crippen LogP) is 1.93. The number of oxime groups is 1. The van der Waals surface area contributed by atoms with Crippen LogP contribution < -0.4 is 9.47 Å². The quantitative estimate of drug-likeness (QED) is 0.648. The summed E-state index contributed by atoms with van der Waals surface area (Å²) in [5, 5.41) is 12.0. The lowest BCUT2D eigenvalue weighted by molar-refractivity contribution is 0.106. The highest BCUT2D eigenvalue weighted by atomic mass is 35.5. The maximum absolute atomic E-state index is 11.8. The molecule has 0 saturated heterocycles. The Kier molecular flexibility index (Phi) is 2.93. The topological polar surface area (TPSA) is 68.1 Å². The molecule has 1 aromatic carbocycles. The third-order valence-electron chi connectivity index (χ3n) is 2.68. The number of rotatable bonds is 2. The molecule has 0 saturated carbocycles. The fraction of sp³-hybridized carbons (Fsp3) is 0.273. The molecular weight excluding hydrogens is 246 g/mol. The SMILES string of the molecule is COc1cc2c(c(Cl)c1OC)C/C(=N\O)C2=O. The van der Waals surface area contributed by atoms with Crippen LogP contribution in [0.5, 0.6) is 11.5 Å². The highest BCUT2D eigenvalue weighted by Gasteiger charge is 2.32. The van der Waals surface area contributed by atoms with Gasteiger partial charge in [0.25, 0.3) is 0 Å². The highest BCUT2D eigenvalue weighted by molar-refractivity contribution is 6.50. The zero-order valence-electron chi connectivity index (χ0n) is 9.28. The average molecular weight is 256 g/mol. The number of ketones is 1. The Labute approximate surface area is 103 Å². The molecule has 0 atom stereocenters. The van der Waals surface area contributed by atoms with Crippen LogP contribution in [0.3, 0.4) is 0 Å². The summed E-state index contributed by atoms with van der Waals surface area (Å²) in [6.07, 6.45) is 0.198. The smallest absolute Gasteiger partial charge is 0.211 e. The molecule has 0 amide bonds. The van der Waals surface area contributed by atoms with Crippen LogP contribution in [0, 0.1) is 0 Å². The Morgan fingerprint density at radius 2 is 2.12 bits per heavy atom. The standard InChI is InChI=1S/C11H10ClNO4/c1-16-8-4-6-5(9(12)11(8)17-2)3-7(13-15)10(6)14/h4,15H,3H2,1-2H3/b13-7+. The molecule has 17 heavy (non-hydrogen) atoms. The molecule has 0 aliphatic heterocycles. The molecule has 1 aromatic rings. The Hall–Kier alpha value is -1.75. The van der Waals surface area contributed by atoms with E-state index in [-0.39, 0.29) is 17.9 Å². The number of nitrogens with zero attached hydrogens (tertiary/aromatic N) is 1. The number of Topliss-reactive ketones (excluding diaryl/α,β-unsaturated/α-hetero) is 1. The van der Waals surface area contributed by atoms with Gasteiger partial charge in [-0.25, -0.2) is 0 Å². The number of carbonyl (C=O) groups is 1. The minimum Gasteiger partial charge on any atom is -0.493 e. The van der Waals surface area contributed by atoms with Crippen LogP contribution in [-0.4, -0.2) is 30.9 Å². The molecule has 5 nitrogen and oxygen atoms in total. The van der Waals surface area contributed by atoms with Crippen molar-refractivity contribution in [3.05, 3.63) is 22.2 Å². The van der Waals surface area contributed by atoms with Gasteiger partial charge in [0.2, 0.25) is 5.78 Å². The minimum absolute atomic E-state index is 0.0669. The van der Waals surface area contributed by atoms with Gasteiger partial charge in [0.15, 0.2) is 11.5 Å². The Bertz CT molecular complexity index is 525. The summed E-state index contributed by atoms with van der Waals surface area (Å²) in [6, 6.07) is 1.54. The van der Waals surface area contributed by atoms with Gasteiger partial charge in [0.1, 0.15) is 5.71 Å². The lowest BCUT2D eigenvalue weighted by atomic mass is 10.1. The van der Waals surface area contributed by atoms with E-state index in [0.717, 1.165) is 0 Å². The van der Waals surface area contributed by atoms with Crippen molar-refractivity contribution in [3.63, 3.8) is 0 Å². The first-order chi connectivity index (χ1) is 8.13. The normalized spacial score (nSPS) is 16.2. The Morgan fingerprint density at radius 1 is 1.41 bits per heavy atom. The van der Waals surface area contributed by atoms with Crippen LogP contribution in [-0.2, 0) is 6.42 Å². The molecule has 0 spiro atoms. The zero-order valence-corrected chi connectivity index (χ0v) is 10.0. The molecule has 1 N–H and O–H groups in total. The summed E-state index contributed by atoms with van der Waals surface area (Å²) in [6.45, 7) is 0. The first-order valence-corrected chi connectivity index (χ1v) is 5.20. The van der Waals surface area contributed by atoms with Gasteiger partial charge in [-0.15, -0.1) is 0 Å². The van der Waals surface area contributed by atoms with E-state index in [1.54, 1.807) is 6.07 Å². The Morgan fingerprint density at radius 3 is 2.65 bits per heavy atom. The number of fused-ring (bicyclic) bond motifs is 1. The van der Waals surface area contributed by atoms with Gasteiger partial charge in [-0.3, -0.25) is 4.79 Å². The number of halogens is 1. The molecule has 0 unspecified atom stereocenters. The van der Waals surface area contributed by atoms with Gasteiger partial charge in [-0.2, -0.15) is 0 Å². The van der Waals surface area contributed by atoms with Gasteiger partial charge < -0.3 is 14.7 Å². The van der Waals surface area contributed by atoms with E-state index in [9.17, 15) is 4.79 Å². The molecule has 2 rings (SSSR count). The molecule has 0 aromatic heterocycles. The van der Waals surface area contributed by atoms with Crippen LogP contribution in [0.25, 0.3) is 0 Å². The number of hydrogen-bond acceptors (Lipinski definition) is 5. The second kappa shape index (κ2) is 4.25. The molecular formula is C11H10ClNO4. The van der Waals surface area contributed by atoms with Crippen LogP contribution >= 0.6 is 11.6 Å². The number of methoxy groups -OCH3 is 2. The van der Waals surface area contributed by atoms with Crippen molar-refractivity contribution < 1.29 is 19.5 Å². The molecule has 6 heteroatoms. The van der Waals surface area contributed by atoms with Crippen molar-refractivity contribution in [2.24, 2.45) is 5.16 Å². The van der Waals surface area contributed by atoms with Gasteiger partial charge in [-0.05, 0) is 11.6 Å². The molecule has 1 aliphatic carbocycles. The third-order valence-corrected chi connectivity index (χ3v) is 3.08. The predicted molar refractivity (Wildman–Crippen MR) is 61.8 cm³/mol. The molecule has 90 valence electrons. The number of ether oxygens (including phenoxy) is 2. The van der Waals surface area contributed by atoms with Crippen molar-refractivity contribution in [3.8, 4) is 11.5 Å². The maximum Gasteiger partial charge on any atom is 0.211 e. The van der Waals surface area contributed by atoms with Crippen molar-refractivity contribution in [2.45, 2.75) is 6.42 Å². The lowest BCUT2D eigenvalue weighted by Gasteiger charge is -2.11. The van der Waals surface area contributed by atoms with Gasteiger partial charge in [0, 0.05) is 12.0 Å². The van der Waals surface area contributed by atoms with Crippen LogP contribution in [0.15, 0.2) is 11.2 Å². The summed E-state index contributed by atoms with van der Waals surface area (Å²) in [5.74, 6) is 0.411. The summed E-state index contributed by atoms with van der Waals surface area (Å²) in [7, 11) is 2.93. The van der Waals surface area contributed by atoms with Gasteiger partial charge in [-0.1, -0.05) is 16.8 Å². The van der Waals surface area contributed by atoms with E-state index in [4.69, 9.17) is 26.3 Å². The largest absolute Gasteiger partial charge is 0.493 e. The lowest BCUT2D eigenvalue weighted by Crippen LogP contribution is -2.07. The summed E-state index contributed by atoms with van der Waals surface area (Å²) < 4.78 is 10.2. The van der Waals surface area contributed by atoms with Crippen LogP contribution in [0.2, 0.25) is 5.02 Å². The molecule has 0 bridgehead atoms. The molecule has 0 fully saturated rings. The van der Waals surface area contributed by atoms with Crippen molar-refractivity contribution >= 4 is 23.1 Å². The molecule has 0 heterocycles. The van der Waals surface area contributed by atoms with Crippen molar-refractivity contribution in [1.29, 1.82) is 0 Å². The van der Waals surface area contributed by atoms with Crippen molar-refractivity contribution in [1.82, 2.24) is 0 Å². The van der Waals surface area contributed by atoms with E-state index in [0.29, 0.717) is 27.6 Å². The van der Waals surface area contributed by atoms with Gasteiger partial charge >= 0.3 is 0 Å². The number of carbonyl (C=O) groups excluding carboxylic acids is 1. The van der Waals surface area contributed by atoms with E-state index in [2.05, 4.69) is 5.16 Å². The fourth-order valence-corrected chi connectivity index (χ4v) is 2.19. The van der Waals surface area contributed by atoms with E-state index in [1.807, 2.05) is 0 Å². The van der Waals surface area contributed by atoms with E-state index in [1.165, 1.54) is 14.2 Å². The second-order valence-electron chi connectivity index (χ2n) is 3.50. The van der Waals surface area contributed by atoms with Crippen LogP contribution in [0.1, 0.15) is 15.9 Å². The van der Waals surface area contributed by atoms with Gasteiger partial charge in [0.05, 0.1) is 19.2 Å². The second-order valence-corrected chi connectivity index (χ2v) is 3.88. The van der Waals surface area contributed by atoms with Crippen molar-refractivity contribution in [2.75, 3.05) is 14.2 Å². The number of hydrogen-bond donors (Lipinski definition) is 1. The minimum atomic E-state index is -0.342. The fourth-order valence-electron chi connectivity index (χ4n) is 1.85. The first-order valence-electron chi connectivity index (χ1n) is 4.83. The molecule has 0 radical (unpaired) electrons. The monoisotopic (exact) mass is 255 g/mol. The highest BCUT2D eigenvalue weighted by Crippen LogP contribution is 2.42. The zero-order chi connectivity index (χ0) is 12.6. The van der Waals surface area contributed by atoms with E-state index < -0.39 is 0 Å². The van der Waals surface area contributed by atoms with E-state index >= 15 is 0 Å². The van der Waals surface area contributed by atoms with Crippen LogP contribution in [0.4, 0.5) is 0 Å². The summed E-state index contributed by atoms with van der Waals surface area (Å²) in [4.78, 5) is 11.8. The summed E-state index contributed by atoms with van der Waals surface area (Å²) in [5.41, 5.74) is 1.06.